The van der Waals surface area contributed by atoms with Crippen molar-refractivity contribution in [1.82, 2.24) is 5.32 Å². The number of halogens is 1. The van der Waals surface area contributed by atoms with Crippen molar-refractivity contribution in [2.45, 2.75) is 58.5 Å². The van der Waals surface area contributed by atoms with Crippen molar-refractivity contribution in [2.75, 3.05) is 0 Å². The molecule has 1 N–H and O–H groups in total. The van der Waals surface area contributed by atoms with Gasteiger partial charge in [0.05, 0.1) is 0 Å². The van der Waals surface area contributed by atoms with Gasteiger partial charge in [-0.3, -0.25) is 0 Å². The highest BCUT2D eigenvalue weighted by atomic mass is 19.1. The number of benzene rings is 1. The van der Waals surface area contributed by atoms with Crippen LogP contribution >= 0.6 is 0 Å². The number of hydrogen-bond donors (Lipinski definition) is 1. The zero-order valence-corrected chi connectivity index (χ0v) is 11.2. The minimum absolute atomic E-state index is 0.169. The highest BCUT2D eigenvalue weighted by Gasteiger charge is 2.08. The molecule has 0 fully saturated rings. The predicted molar refractivity (Wildman–Crippen MR) is 71.6 cm³/mol. The minimum Gasteiger partial charge on any atom is -0.308 e. The molecule has 1 rings (SSSR count). The van der Waals surface area contributed by atoms with E-state index < -0.39 is 0 Å². The molecule has 2 heteroatoms. The lowest BCUT2D eigenvalue weighted by atomic mass is 10.1. The van der Waals surface area contributed by atoms with Gasteiger partial charge in [0, 0.05) is 12.1 Å². The number of rotatable bonds is 7. The molecule has 0 aliphatic heterocycles. The van der Waals surface area contributed by atoms with E-state index in [1.165, 1.54) is 37.8 Å². The van der Waals surface area contributed by atoms with Crippen LogP contribution in [0, 0.1) is 5.82 Å². The lowest BCUT2D eigenvalue weighted by Crippen LogP contribution is -2.28. The van der Waals surface area contributed by atoms with Crippen LogP contribution in [0.25, 0.3) is 0 Å². The molecule has 1 aromatic carbocycles. The Morgan fingerprint density at radius 3 is 2.35 bits per heavy atom. The van der Waals surface area contributed by atoms with Crippen molar-refractivity contribution < 1.29 is 4.39 Å². The topological polar surface area (TPSA) is 12.0 Å². The molecule has 0 amide bonds. The maximum Gasteiger partial charge on any atom is 0.123 e. The third-order valence-electron chi connectivity index (χ3n) is 3.15. The van der Waals surface area contributed by atoms with E-state index in [-0.39, 0.29) is 11.9 Å². The Morgan fingerprint density at radius 2 is 1.76 bits per heavy atom. The third kappa shape index (κ3) is 5.31. The summed E-state index contributed by atoms with van der Waals surface area (Å²) in [5, 5.41) is 3.55. The molecule has 0 radical (unpaired) electrons. The van der Waals surface area contributed by atoms with E-state index in [1.54, 1.807) is 0 Å². The van der Waals surface area contributed by atoms with Crippen LogP contribution in [-0.2, 0) is 0 Å². The number of nitrogens with one attached hydrogen (secondary N) is 1. The molecular weight excluding hydrogens is 213 g/mol. The second kappa shape index (κ2) is 7.44. The Labute approximate surface area is 104 Å². The third-order valence-corrected chi connectivity index (χ3v) is 3.15. The Bertz CT molecular complexity index is 307. The van der Waals surface area contributed by atoms with Gasteiger partial charge in [-0.05, 0) is 38.0 Å². The standard InChI is InChI=1S/C15H24FN/c1-4-5-6-7-12(2)17-13(3)14-8-10-15(16)11-9-14/h8-13,17H,4-7H2,1-3H3/t12?,13-/m0/s1. The number of unbranched alkanes of at least 4 members (excludes halogenated alkanes) is 2. The van der Waals surface area contributed by atoms with E-state index in [0.29, 0.717) is 6.04 Å². The van der Waals surface area contributed by atoms with Gasteiger partial charge < -0.3 is 5.32 Å². The van der Waals surface area contributed by atoms with E-state index in [0.717, 1.165) is 5.56 Å². The lowest BCUT2D eigenvalue weighted by Gasteiger charge is -2.20. The SMILES string of the molecule is CCCCCC(C)N[C@@H](C)c1ccc(F)cc1. The first-order chi connectivity index (χ1) is 8.13. The van der Waals surface area contributed by atoms with Crippen LogP contribution in [0.3, 0.4) is 0 Å². The fourth-order valence-electron chi connectivity index (χ4n) is 2.06. The largest absolute Gasteiger partial charge is 0.308 e. The highest BCUT2D eigenvalue weighted by Crippen LogP contribution is 2.15. The minimum atomic E-state index is -0.169. The summed E-state index contributed by atoms with van der Waals surface area (Å²) in [6.45, 7) is 6.57. The van der Waals surface area contributed by atoms with Crippen molar-refractivity contribution in [1.29, 1.82) is 0 Å². The zero-order valence-electron chi connectivity index (χ0n) is 11.2. The van der Waals surface area contributed by atoms with Crippen LogP contribution < -0.4 is 5.32 Å². The monoisotopic (exact) mass is 237 g/mol. The average molecular weight is 237 g/mol. The van der Waals surface area contributed by atoms with Crippen LogP contribution in [0.15, 0.2) is 24.3 Å². The lowest BCUT2D eigenvalue weighted by molar-refractivity contribution is 0.440. The average Bonchev–Trinajstić information content (AvgIpc) is 2.30. The predicted octanol–water partition coefficient (Wildman–Crippen LogP) is 4.45. The summed E-state index contributed by atoms with van der Waals surface area (Å²) in [6, 6.07) is 7.55. The summed E-state index contributed by atoms with van der Waals surface area (Å²) in [7, 11) is 0. The van der Waals surface area contributed by atoms with E-state index in [9.17, 15) is 4.39 Å². The molecule has 0 spiro atoms. The van der Waals surface area contributed by atoms with Crippen molar-refractivity contribution in [2.24, 2.45) is 0 Å². The van der Waals surface area contributed by atoms with Gasteiger partial charge in [0.1, 0.15) is 5.82 Å². The molecule has 2 atom stereocenters. The van der Waals surface area contributed by atoms with Crippen LogP contribution in [0.1, 0.15) is 58.1 Å². The fourth-order valence-corrected chi connectivity index (χ4v) is 2.06. The van der Waals surface area contributed by atoms with Gasteiger partial charge in [0.15, 0.2) is 0 Å². The molecule has 1 aromatic rings. The molecule has 96 valence electrons. The highest BCUT2D eigenvalue weighted by molar-refractivity contribution is 5.19. The van der Waals surface area contributed by atoms with Gasteiger partial charge in [0.25, 0.3) is 0 Å². The second-order valence-corrected chi connectivity index (χ2v) is 4.84. The van der Waals surface area contributed by atoms with Crippen LogP contribution in [0.2, 0.25) is 0 Å². The molecule has 17 heavy (non-hydrogen) atoms. The van der Waals surface area contributed by atoms with Crippen molar-refractivity contribution in [3.05, 3.63) is 35.6 Å². The molecule has 1 nitrogen and oxygen atoms in total. The Morgan fingerprint density at radius 1 is 1.12 bits per heavy atom. The molecule has 0 saturated heterocycles. The Hall–Kier alpha value is -0.890. The molecule has 0 aliphatic carbocycles. The second-order valence-electron chi connectivity index (χ2n) is 4.84. The Kier molecular flexibility index (Phi) is 6.20. The van der Waals surface area contributed by atoms with Gasteiger partial charge >= 0.3 is 0 Å². The fraction of sp³-hybridized carbons (Fsp3) is 0.600. The van der Waals surface area contributed by atoms with E-state index >= 15 is 0 Å². The molecule has 1 unspecified atom stereocenters. The molecular formula is C15H24FN. The molecule has 0 bridgehead atoms. The van der Waals surface area contributed by atoms with Gasteiger partial charge in [-0.25, -0.2) is 4.39 Å². The van der Waals surface area contributed by atoms with E-state index in [4.69, 9.17) is 0 Å². The van der Waals surface area contributed by atoms with E-state index in [1.807, 2.05) is 12.1 Å². The Balaban J connectivity index is 2.37. The summed E-state index contributed by atoms with van der Waals surface area (Å²) in [4.78, 5) is 0. The van der Waals surface area contributed by atoms with Crippen molar-refractivity contribution >= 4 is 0 Å². The normalized spacial score (nSPS) is 14.6. The maximum absolute atomic E-state index is 12.8. The maximum atomic E-state index is 12.8. The smallest absolute Gasteiger partial charge is 0.123 e. The summed E-state index contributed by atoms with van der Waals surface area (Å²) in [5.41, 5.74) is 1.15. The van der Waals surface area contributed by atoms with Crippen LogP contribution in [0.5, 0.6) is 0 Å². The summed E-state index contributed by atoms with van der Waals surface area (Å²) in [6.07, 6.45) is 5.05. The molecule has 0 saturated carbocycles. The van der Waals surface area contributed by atoms with E-state index in [2.05, 4.69) is 26.1 Å². The van der Waals surface area contributed by atoms with Crippen molar-refractivity contribution in [3.8, 4) is 0 Å². The summed E-state index contributed by atoms with van der Waals surface area (Å²) < 4.78 is 12.8. The summed E-state index contributed by atoms with van der Waals surface area (Å²) in [5.74, 6) is -0.169. The van der Waals surface area contributed by atoms with Gasteiger partial charge in [0.2, 0.25) is 0 Å². The van der Waals surface area contributed by atoms with Gasteiger partial charge in [-0.1, -0.05) is 38.3 Å². The van der Waals surface area contributed by atoms with Crippen molar-refractivity contribution in [3.63, 3.8) is 0 Å². The van der Waals surface area contributed by atoms with Crippen LogP contribution in [-0.4, -0.2) is 6.04 Å². The first kappa shape index (κ1) is 14.2. The first-order valence-corrected chi connectivity index (χ1v) is 6.65. The molecule has 0 aliphatic rings. The van der Waals surface area contributed by atoms with Gasteiger partial charge in [-0.15, -0.1) is 0 Å². The summed E-state index contributed by atoms with van der Waals surface area (Å²) >= 11 is 0. The first-order valence-electron chi connectivity index (χ1n) is 6.65. The zero-order chi connectivity index (χ0) is 12.7. The number of hydrogen-bond acceptors (Lipinski definition) is 1. The molecule has 0 aromatic heterocycles. The van der Waals surface area contributed by atoms with Gasteiger partial charge in [-0.2, -0.15) is 0 Å². The molecule has 0 heterocycles. The quantitative estimate of drug-likeness (QED) is 0.691. The van der Waals surface area contributed by atoms with Crippen LogP contribution in [0.4, 0.5) is 4.39 Å².